The van der Waals surface area contributed by atoms with Crippen molar-refractivity contribution >= 4 is 38.8 Å². The van der Waals surface area contributed by atoms with Crippen molar-refractivity contribution in [1.82, 2.24) is 24.2 Å². The Kier molecular flexibility index (Phi) is 5.73. The van der Waals surface area contributed by atoms with E-state index in [0.29, 0.717) is 34.3 Å². The van der Waals surface area contributed by atoms with Crippen molar-refractivity contribution in [3.63, 3.8) is 0 Å². The first-order valence-corrected chi connectivity index (χ1v) is 12.3. The summed E-state index contributed by atoms with van der Waals surface area (Å²) in [6, 6.07) is 7.19. The predicted octanol–water partition coefficient (Wildman–Crippen LogP) is -0.0221. The summed E-state index contributed by atoms with van der Waals surface area (Å²) in [5.41, 5.74) is 5.73. The summed E-state index contributed by atoms with van der Waals surface area (Å²) in [4.78, 5) is 12.7. The molecule has 2 aliphatic rings. The Bertz CT molecular complexity index is 1340. The molecule has 0 spiro atoms. The van der Waals surface area contributed by atoms with Crippen LogP contribution in [0.1, 0.15) is 18.4 Å². The molecule has 1 aromatic carbocycles. The number of aliphatic hydroxyl groups excluding tert-OH is 1. The van der Waals surface area contributed by atoms with Crippen LogP contribution >= 0.6 is 0 Å². The van der Waals surface area contributed by atoms with Crippen molar-refractivity contribution in [2.24, 2.45) is 0 Å². The molecule has 1 saturated carbocycles. The first kappa shape index (κ1) is 22.7. The highest BCUT2D eigenvalue weighted by Gasteiger charge is 2.50. The van der Waals surface area contributed by atoms with Crippen molar-refractivity contribution in [3.05, 3.63) is 47.9 Å². The van der Waals surface area contributed by atoms with Crippen LogP contribution in [0.25, 0.3) is 17.2 Å². The number of aromatic nitrogens is 4. The number of nitrogens with zero attached hydrogens (tertiary/aromatic N) is 4. The number of sulfonamides is 1. The average Bonchev–Trinajstić information content (AvgIpc) is 3.44. The van der Waals surface area contributed by atoms with Crippen molar-refractivity contribution in [3.8, 4) is 0 Å². The molecule has 180 valence electrons. The van der Waals surface area contributed by atoms with Gasteiger partial charge in [0.2, 0.25) is 10.0 Å². The van der Waals surface area contributed by atoms with Gasteiger partial charge in [-0.15, -0.1) is 0 Å². The normalized spacial score (nSPS) is 25.4. The van der Waals surface area contributed by atoms with Crippen LogP contribution in [0.4, 0.5) is 11.5 Å². The smallest absolute Gasteiger partial charge is 0.233 e. The number of rotatable bonds is 8. The van der Waals surface area contributed by atoms with E-state index in [9.17, 15) is 18.6 Å². The van der Waals surface area contributed by atoms with Crippen LogP contribution in [0.3, 0.4) is 0 Å². The van der Waals surface area contributed by atoms with Crippen LogP contribution in [0.15, 0.2) is 42.3 Å². The molecule has 0 radical (unpaired) electrons. The van der Waals surface area contributed by atoms with Gasteiger partial charge in [0.05, 0.1) is 12.9 Å². The zero-order chi connectivity index (χ0) is 23.9. The second-order valence-corrected chi connectivity index (χ2v) is 10.1. The molecular formula is C21H25N7O5S. The number of fused-ring (bicyclic) bond motifs is 1. The Hall–Kier alpha value is -3.10. The number of nitrogens with two attached hydrogens (primary N) is 1. The second kappa shape index (κ2) is 8.60. The van der Waals surface area contributed by atoms with Gasteiger partial charge >= 0.3 is 0 Å². The molecule has 2 fully saturated rings. The first-order valence-electron chi connectivity index (χ1n) is 10.8. The quantitative estimate of drug-likeness (QED) is 0.271. The van der Waals surface area contributed by atoms with Gasteiger partial charge in [-0.3, -0.25) is 4.57 Å². The molecule has 13 heteroatoms. The van der Waals surface area contributed by atoms with Crippen LogP contribution in [0, 0.1) is 0 Å². The van der Waals surface area contributed by atoms with Gasteiger partial charge in [0, 0.05) is 23.7 Å². The topological polar surface area (TPSA) is 178 Å². The highest BCUT2D eigenvalue weighted by atomic mass is 32.2. The number of benzene rings is 1. The van der Waals surface area contributed by atoms with E-state index in [0.717, 1.165) is 18.2 Å². The van der Waals surface area contributed by atoms with Gasteiger partial charge in [0.15, 0.2) is 22.7 Å². The van der Waals surface area contributed by atoms with E-state index in [4.69, 9.17) is 10.5 Å². The fourth-order valence-electron chi connectivity index (χ4n) is 3.80. The van der Waals surface area contributed by atoms with Gasteiger partial charge in [0.1, 0.15) is 18.5 Å². The number of nitrogen functional groups attached to an aromatic ring is 1. The Balaban J connectivity index is 1.29. The van der Waals surface area contributed by atoms with Crippen LogP contribution in [0.2, 0.25) is 0 Å². The summed E-state index contributed by atoms with van der Waals surface area (Å²) < 4.78 is 34.0. The summed E-state index contributed by atoms with van der Waals surface area (Å²) in [7, 11) is -3.85. The molecule has 3 aromatic rings. The van der Waals surface area contributed by atoms with E-state index in [-0.39, 0.29) is 13.2 Å². The lowest BCUT2D eigenvalue weighted by Gasteiger charge is -2.27. The number of hydrogen-bond acceptors (Lipinski definition) is 10. The average molecular weight is 488 g/mol. The molecule has 1 aliphatic heterocycles. The van der Waals surface area contributed by atoms with Crippen molar-refractivity contribution in [2.45, 2.75) is 36.8 Å². The molecule has 3 atom stereocenters. The monoisotopic (exact) mass is 487 g/mol. The molecule has 6 N–H and O–H groups in total. The Morgan fingerprint density at radius 2 is 2.06 bits per heavy atom. The molecule has 12 nitrogen and oxygen atoms in total. The maximum atomic E-state index is 12.4. The predicted molar refractivity (Wildman–Crippen MR) is 125 cm³/mol. The zero-order valence-corrected chi connectivity index (χ0v) is 18.9. The lowest BCUT2D eigenvalue weighted by molar-refractivity contribution is -0.107. The van der Waals surface area contributed by atoms with E-state index in [1.807, 2.05) is 0 Å². The number of ether oxygens (including phenoxy) is 1. The van der Waals surface area contributed by atoms with Gasteiger partial charge < -0.3 is 26.0 Å². The van der Waals surface area contributed by atoms with Gasteiger partial charge in [-0.1, -0.05) is 18.2 Å². The number of imidazole rings is 1. The lowest BCUT2D eigenvalue weighted by atomic mass is 10.1. The van der Waals surface area contributed by atoms with Crippen LogP contribution < -0.4 is 15.8 Å². The number of aliphatic hydroxyl groups is 2. The first-order chi connectivity index (χ1) is 16.3. The zero-order valence-electron chi connectivity index (χ0n) is 18.1. The highest BCUT2D eigenvalue weighted by molar-refractivity contribution is 7.92. The number of anilines is 2. The summed E-state index contributed by atoms with van der Waals surface area (Å²) in [5.74, 6) is 0.554. The molecule has 3 heterocycles. The third kappa shape index (κ3) is 4.35. The van der Waals surface area contributed by atoms with Crippen LogP contribution in [-0.2, 0) is 20.5 Å². The van der Waals surface area contributed by atoms with E-state index in [2.05, 4.69) is 25.0 Å². The van der Waals surface area contributed by atoms with Crippen molar-refractivity contribution in [2.75, 3.05) is 24.2 Å². The molecule has 34 heavy (non-hydrogen) atoms. The minimum absolute atomic E-state index is 0.253. The largest absolute Gasteiger partial charge is 0.398 e. The van der Waals surface area contributed by atoms with Gasteiger partial charge in [-0.2, -0.15) is 0 Å². The Labute approximate surface area is 195 Å². The van der Waals surface area contributed by atoms with Gasteiger partial charge in [-0.05, 0) is 30.5 Å². The molecule has 0 amide bonds. The molecular weight excluding hydrogens is 462 g/mol. The summed E-state index contributed by atoms with van der Waals surface area (Å²) in [6.07, 6.45) is 3.75. The minimum atomic E-state index is -3.85. The number of hydrogen-bond donors (Lipinski definition) is 5. The standard InChI is InChI=1S/C21H25N7O5S/c22-15-4-2-1-3-13(15)7-8-34(31,32)26-9-16-18(29)21(30,10-33-16)28-12-25-17-19(27-14-5-6-14)23-11-24-20(17)28/h1-4,7-8,11-12,14,16,18,26,29-30H,5-6,9-10,22H2,(H,23,24,27)/b8-7+/t16-,18-,21+/m1/s1. The maximum Gasteiger partial charge on any atom is 0.233 e. The fourth-order valence-corrected chi connectivity index (χ4v) is 4.62. The molecule has 2 aromatic heterocycles. The fraction of sp³-hybridized carbons (Fsp3) is 0.381. The van der Waals surface area contributed by atoms with E-state index in [1.54, 1.807) is 24.3 Å². The van der Waals surface area contributed by atoms with E-state index in [1.165, 1.54) is 23.3 Å². The third-order valence-electron chi connectivity index (χ3n) is 5.91. The van der Waals surface area contributed by atoms with Crippen LogP contribution in [-0.4, -0.2) is 69.6 Å². The van der Waals surface area contributed by atoms with Crippen molar-refractivity contribution < 1.29 is 23.4 Å². The second-order valence-electron chi connectivity index (χ2n) is 8.43. The Morgan fingerprint density at radius 1 is 1.26 bits per heavy atom. The van der Waals surface area contributed by atoms with E-state index < -0.39 is 28.0 Å². The molecule has 5 rings (SSSR count). The van der Waals surface area contributed by atoms with Gasteiger partial charge in [-0.25, -0.2) is 28.1 Å². The lowest BCUT2D eigenvalue weighted by Crippen LogP contribution is -2.48. The third-order valence-corrected chi connectivity index (χ3v) is 6.98. The SMILES string of the molecule is Nc1ccccc1/C=C/S(=O)(=O)NC[C@H]1OC[C@@](O)(n2cnc3c(NC4CC4)ncnc32)[C@@H]1O. The Morgan fingerprint density at radius 3 is 2.82 bits per heavy atom. The van der Waals surface area contributed by atoms with E-state index >= 15 is 0 Å². The highest BCUT2D eigenvalue weighted by Crippen LogP contribution is 2.33. The molecule has 1 aliphatic carbocycles. The molecule has 0 unspecified atom stereocenters. The molecule has 0 bridgehead atoms. The molecule has 1 saturated heterocycles. The maximum absolute atomic E-state index is 12.4. The summed E-state index contributed by atoms with van der Waals surface area (Å²) >= 11 is 0. The van der Waals surface area contributed by atoms with Gasteiger partial charge in [0.25, 0.3) is 0 Å². The minimum Gasteiger partial charge on any atom is -0.398 e. The summed E-state index contributed by atoms with van der Waals surface area (Å²) in [5, 5.41) is 26.4. The van der Waals surface area contributed by atoms with Crippen molar-refractivity contribution in [1.29, 1.82) is 0 Å². The summed E-state index contributed by atoms with van der Waals surface area (Å²) in [6.45, 7) is -0.533. The van der Waals surface area contributed by atoms with Crippen LogP contribution in [0.5, 0.6) is 0 Å². The number of para-hydroxylation sites is 1. The number of nitrogens with one attached hydrogen (secondary N) is 2.